The second kappa shape index (κ2) is 7.60. The van der Waals surface area contributed by atoms with Crippen LogP contribution < -0.4 is 5.73 Å². The van der Waals surface area contributed by atoms with Gasteiger partial charge in [-0.05, 0) is 30.7 Å². The number of carbonyl (C=O) groups is 1. The molecule has 0 aliphatic heterocycles. The van der Waals surface area contributed by atoms with Gasteiger partial charge in [0.05, 0.1) is 13.3 Å². The minimum Gasteiger partial charge on any atom is -0.464 e. The van der Waals surface area contributed by atoms with Crippen molar-refractivity contribution in [3.63, 3.8) is 0 Å². The molecule has 0 aliphatic carbocycles. The Morgan fingerprint density at radius 2 is 2.00 bits per heavy atom. The molecule has 2 N–H and O–H groups in total. The number of aryl methyl sites for hydroxylation is 1. The highest BCUT2D eigenvalue weighted by Crippen LogP contribution is 2.08. The van der Waals surface area contributed by atoms with Crippen LogP contribution in [0.15, 0.2) is 36.5 Å². The normalized spacial score (nSPS) is 10.2. The van der Waals surface area contributed by atoms with Gasteiger partial charge in [-0.2, -0.15) is 5.10 Å². The highest BCUT2D eigenvalue weighted by Gasteiger charge is 2.12. The number of rotatable bonds is 2. The summed E-state index contributed by atoms with van der Waals surface area (Å²) >= 11 is 0. The van der Waals surface area contributed by atoms with Crippen molar-refractivity contribution in [1.82, 2.24) is 14.6 Å². The minimum atomic E-state index is -0.844. The van der Waals surface area contributed by atoms with Crippen LogP contribution in [-0.4, -0.2) is 27.7 Å². The molecule has 2 aromatic heterocycles. The van der Waals surface area contributed by atoms with E-state index in [9.17, 15) is 13.6 Å². The molecule has 0 aliphatic rings. The third-order valence-electron chi connectivity index (χ3n) is 3.10. The number of ether oxygens (including phenoxy) is 1. The number of carbonyl (C=O) groups excluding carboxylic acids is 1. The zero-order valence-electron chi connectivity index (χ0n) is 13.2. The first kappa shape index (κ1) is 17.5. The molecule has 0 unspecified atom stereocenters. The third kappa shape index (κ3) is 3.90. The molecule has 0 saturated heterocycles. The predicted octanol–water partition coefficient (Wildman–Crippen LogP) is 2.25. The van der Waals surface area contributed by atoms with Crippen LogP contribution >= 0.6 is 0 Å². The van der Waals surface area contributed by atoms with E-state index < -0.39 is 17.6 Å². The fraction of sp³-hybridized carbons (Fsp3) is 0.188. The summed E-state index contributed by atoms with van der Waals surface area (Å²) in [6.45, 7) is 2.05. The van der Waals surface area contributed by atoms with Crippen molar-refractivity contribution in [2.75, 3.05) is 7.11 Å². The van der Waals surface area contributed by atoms with Crippen molar-refractivity contribution < 1.29 is 18.3 Å². The van der Waals surface area contributed by atoms with E-state index in [2.05, 4.69) is 14.8 Å². The Labute approximate surface area is 136 Å². The topological polar surface area (TPSA) is 82.5 Å². The first-order valence-corrected chi connectivity index (χ1v) is 7.00. The van der Waals surface area contributed by atoms with E-state index in [-0.39, 0.29) is 6.54 Å². The van der Waals surface area contributed by atoms with Crippen molar-refractivity contribution in [1.29, 1.82) is 0 Å². The van der Waals surface area contributed by atoms with Crippen LogP contribution in [0.5, 0.6) is 0 Å². The zero-order valence-corrected chi connectivity index (χ0v) is 13.2. The van der Waals surface area contributed by atoms with Crippen LogP contribution in [0.4, 0.5) is 8.78 Å². The average molecular weight is 334 g/mol. The van der Waals surface area contributed by atoms with Gasteiger partial charge in [0, 0.05) is 18.3 Å². The molecule has 2 heterocycles. The lowest BCUT2D eigenvalue weighted by molar-refractivity contribution is 0.0590. The Morgan fingerprint density at radius 1 is 1.25 bits per heavy atom. The van der Waals surface area contributed by atoms with Crippen LogP contribution in [0, 0.1) is 18.6 Å². The Balaban J connectivity index is 0.000000185. The van der Waals surface area contributed by atoms with Gasteiger partial charge in [0.1, 0.15) is 0 Å². The summed E-state index contributed by atoms with van der Waals surface area (Å²) in [4.78, 5) is 15.6. The lowest BCUT2D eigenvalue weighted by atomic mass is 10.2. The Morgan fingerprint density at radius 3 is 2.62 bits per heavy atom. The van der Waals surface area contributed by atoms with Crippen LogP contribution in [0.3, 0.4) is 0 Å². The smallest absolute Gasteiger partial charge is 0.356 e. The second-order valence-corrected chi connectivity index (χ2v) is 4.83. The van der Waals surface area contributed by atoms with E-state index in [1.165, 1.54) is 17.7 Å². The maximum atomic E-state index is 12.3. The third-order valence-corrected chi connectivity index (χ3v) is 3.10. The molecule has 0 radical (unpaired) electrons. The maximum absolute atomic E-state index is 12.3. The van der Waals surface area contributed by atoms with Gasteiger partial charge in [0.15, 0.2) is 23.0 Å². The average Bonchev–Trinajstić information content (AvgIpc) is 3.04. The number of nitrogens with two attached hydrogens (primary N) is 1. The highest BCUT2D eigenvalue weighted by atomic mass is 19.2. The van der Waals surface area contributed by atoms with Crippen molar-refractivity contribution in [3.05, 3.63) is 65.1 Å². The van der Waals surface area contributed by atoms with E-state index in [0.717, 1.165) is 17.8 Å². The molecule has 0 spiro atoms. The molecular weight excluding hydrogens is 318 g/mol. The Bertz CT molecular complexity index is 864. The molecule has 6 nitrogen and oxygen atoms in total. The first-order chi connectivity index (χ1) is 11.5. The fourth-order valence-electron chi connectivity index (χ4n) is 1.96. The van der Waals surface area contributed by atoms with Gasteiger partial charge >= 0.3 is 5.97 Å². The van der Waals surface area contributed by atoms with Crippen molar-refractivity contribution in [3.8, 4) is 0 Å². The summed E-state index contributed by atoms with van der Waals surface area (Å²) in [5.74, 6) is -2.09. The van der Waals surface area contributed by atoms with Gasteiger partial charge < -0.3 is 10.5 Å². The zero-order chi connectivity index (χ0) is 17.7. The molecule has 126 valence electrons. The number of benzene rings is 1. The predicted molar refractivity (Wildman–Crippen MR) is 83.3 cm³/mol. The Hall–Kier alpha value is -2.87. The SMILES string of the molecule is COC(=O)c1cc(C)nc2ccnn12.NCc1ccc(F)c(F)c1. The number of hydrogen-bond donors (Lipinski definition) is 1. The van der Waals surface area contributed by atoms with Gasteiger partial charge in [-0.25, -0.2) is 23.1 Å². The van der Waals surface area contributed by atoms with Gasteiger partial charge in [-0.1, -0.05) is 6.07 Å². The quantitative estimate of drug-likeness (QED) is 0.727. The number of esters is 1. The van der Waals surface area contributed by atoms with Crippen LogP contribution in [0.1, 0.15) is 21.7 Å². The van der Waals surface area contributed by atoms with Crippen molar-refractivity contribution in [2.24, 2.45) is 5.73 Å². The van der Waals surface area contributed by atoms with Gasteiger partial charge in [-0.15, -0.1) is 0 Å². The van der Waals surface area contributed by atoms with E-state index in [1.54, 1.807) is 18.3 Å². The summed E-state index contributed by atoms with van der Waals surface area (Å²) in [5.41, 5.74) is 7.57. The monoisotopic (exact) mass is 334 g/mol. The lowest BCUT2D eigenvalue weighted by Gasteiger charge is -2.03. The molecule has 0 amide bonds. The molecule has 0 saturated carbocycles. The largest absolute Gasteiger partial charge is 0.464 e. The maximum Gasteiger partial charge on any atom is 0.356 e. The summed E-state index contributed by atoms with van der Waals surface area (Å²) in [6.07, 6.45) is 1.59. The van der Waals surface area contributed by atoms with E-state index >= 15 is 0 Å². The van der Waals surface area contributed by atoms with E-state index in [4.69, 9.17) is 5.73 Å². The van der Waals surface area contributed by atoms with Gasteiger partial charge in [0.2, 0.25) is 0 Å². The van der Waals surface area contributed by atoms with Crippen LogP contribution in [0.2, 0.25) is 0 Å². The van der Waals surface area contributed by atoms with Crippen LogP contribution in [-0.2, 0) is 11.3 Å². The van der Waals surface area contributed by atoms with Gasteiger partial charge in [0.25, 0.3) is 0 Å². The number of aromatic nitrogens is 3. The Kier molecular flexibility index (Phi) is 5.54. The molecule has 3 aromatic rings. The second-order valence-electron chi connectivity index (χ2n) is 4.83. The number of fused-ring (bicyclic) bond motifs is 1. The molecule has 0 fully saturated rings. The van der Waals surface area contributed by atoms with Crippen molar-refractivity contribution in [2.45, 2.75) is 13.5 Å². The molecule has 0 atom stereocenters. The first-order valence-electron chi connectivity index (χ1n) is 7.00. The number of methoxy groups -OCH3 is 1. The molecule has 0 bridgehead atoms. The minimum absolute atomic E-state index is 0.233. The molecule has 1 aromatic carbocycles. The van der Waals surface area contributed by atoms with Crippen LogP contribution in [0.25, 0.3) is 5.65 Å². The van der Waals surface area contributed by atoms with Gasteiger partial charge in [-0.3, -0.25) is 0 Å². The van der Waals surface area contributed by atoms with E-state index in [1.807, 2.05) is 6.92 Å². The molecule has 3 rings (SSSR count). The lowest BCUT2D eigenvalue weighted by Crippen LogP contribution is -2.10. The molecule has 8 heteroatoms. The summed E-state index contributed by atoms with van der Waals surface area (Å²) in [7, 11) is 1.34. The highest BCUT2D eigenvalue weighted by molar-refractivity contribution is 5.88. The van der Waals surface area contributed by atoms with Crippen molar-refractivity contribution >= 4 is 11.6 Å². The number of hydrogen-bond acceptors (Lipinski definition) is 5. The molecule has 24 heavy (non-hydrogen) atoms. The fourth-order valence-corrected chi connectivity index (χ4v) is 1.96. The standard InChI is InChI=1S/C9H9N3O2.C7H7F2N/c1-6-5-7(9(13)14-2)12-8(11-6)3-4-10-12;8-6-2-1-5(4-10)3-7(6)9/h3-5H,1-2H3;1-3H,4,10H2. The number of halogens is 2. The van der Waals surface area contributed by atoms with E-state index in [0.29, 0.717) is 16.9 Å². The summed E-state index contributed by atoms with van der Waals surface area (Å²) < 4.78 is 30.7. The molecular formula is C16H16F2N4O2. The summed E-state index contributed by atoms with van der Waals surface area (Å²) in [5, 5.41) is 3.98. The summed E-state index contributed by atoms with van der Waals surface area (Å²) in [6, 6.07) is 7.00. The number of nitrogens with zero attached hydrogens (tertiary/aromatic N) is 3.